The number of aliphatic hydroxyl groups excluding tert-OH is 1. The Hall–Kier alpha value is -1.07. The smallest absolute Gasteiger partial charge is 0.401 e. The standard InChI is InChI=1S/C9H9NO3S/c1-5-2-3-7(11)8-10(5)6(4-14-8)9(12)13/h2-4,7-8,11H,1H3/p+1. The molecule has 0 aromatic rings. The van der Waals surface area contributed by atoms with Crippen molar-refractivity contribution in [3.8, 4) is 0 Å². The second-order valence-corrected chi connectivity index (χ2v) is 4.19. The van der Waals surface area contributed by atoms with Gasteiger partial charge in [-0.15, -0.1) is 0 Å². The molecular formula is C9H10NO3S+. The van der Waals surface area contributed by atoms with E-state index in [-0.39, 0.29) is 11.1 Å². The summed E-state index contributed by atoms with van der Waals surface area (Å²) in [5.41, 5.74) is 1.08. The molecule has 5 heteroatoms. The minimum Gasteiger partial charge on any atom is -0.473 e. The second-order valence-electron chi connectivity index (χ2n) is 3.20. The van der Waals surface area contributed by atoms with E-state index < -0.39 is 12.1 Å². The monoisotopic (exact) mass is 212 g/mol. The van der Waals surface area contributed by atoms with Gasteiger partial charge in [0.25, 0.3) is 5.70 Å². The van der Waals surface area contributed by atoms with E-state index in [9.17, 15) is 9.90 Å². The summed E-state index contributed by atoms with van der Waals surface area (Å²) < 4.78 is 1.65. The number of allylic oxidation sites excluding steroid dienone is 1. The van der Waals surface area contributed by atoms with Crippen molar-refractivity contribution in [2.24, 2.45) is 0 Å². The highest BCUT2D eigenvalue weighted by molar-refractivity contribution is 8.02. The number of rotatable bonds is 1. The Morgan fingerprint density at radius 2 is 2.36 bits per heavy atom. The molecule has 0 fully saturated rings. The molecule has 2 rings (SSSR count). The van der Waals surface area contributed by atoms with Crippen molar-refractivity contribution in [1.82, 2.24) is 0 Å². The van der Waals surface area contributed by atoms with Crippen LogP contribution in [0.25, 0.3) is 0 Å². The topological polar surface area (TPSA) is 60.5 Å². The lowest BCUT2D eigenvalue weighted by Gasteiger charge is -2.16. The van der Waals surface area contributed by atoms with Gasteiger partial charge in [-0.25, -0.2) is 4.79 Å². The maximum Gasteiger partial charge on any atom is 0.401 e. The van der Waals surface area contributed by atoms with Crippen LogP contribution in [0.5, 0.6) is 0 Å². The molecule has 0 aromatic carbocycles. The summed E-state index contributed by atoms with van der Waals surface area (Å²) in [6, 6.07) is 0. The van der Waals surface area contributed by atoms with Gasteiger partial charge < -0.3 is 10.2 Å². The van der Waals surface area contributed by atoms with Crippen molar-refractivity contribution in [3.05, 3.63) is 23.3 Å². The molecule has 0 saturated carbocycles. The first-order chi connectivity index (χ1) is 6.61. The Balaban J connectivity index is 2.45. The predicted molar refractivity (Wildman–Crippen MR) is 53.2 cm³/mol. The summed E-state index contributed by atoms with van der Waals surface area (Å²) in [4.78, 5) is 10.9. The molecule has 2 atom stereocenters. The van der Waals surface area contributed by atoms with Gasteiger partial charge >= 0.3 is 5.97 Å². The summed E-state index contributed by atoms with van der Waals surface area (Å²) in [7, 11) is 0. The van der Waals surface area contributed by atoms with Crippen LogP contribution in [0.4, 0.5) is 0 Å². The van der Waals surface area contributed by atoms with Crippen LogP contribution in [0.3, 0.4) is 0 Å². The molecule has 0 aromatic heterocycles. The number of nitrogens with zero attached hydrogens (tertiary/aromatic N) is 1. The van der Waals surface area contributed by atoms with Crippen LogP contribution in [0.2, 0.25) is 0 Å². The molecule has 0 saturated heterocycles. The van der Waals surface area contributed by atoms with E-state index in [4.69, 9.17) is 5.11 Å². The Labute approximate surface area is 85.2 Å². The van der Waals surface area contributed by atoms with Gasteiger partial charge in [0.1, 0.15) is 6.10 Å². The number of carboxylic acid groups (broad SMARTS) is 1. The fourth-order valence-corrected chi connectivity index (χ4v) is 2.72. The second kappa shape index (κ2) is 3.25. The average Bonchev–Trinajstić information content (AvgIpc) is 2.56. The van der Waals surface area contributed by atoms with Crippen LogP contribution >= 0.6 is 11.8 Å². The highest BCUT2D eigenvalue weighted by atomic mass is 32.2. The third-order valence-electron chi connectivity index (χ3n) is 2.26. The highest BCUT2D eigenvalue weighted by Gasteiger charge is 2.43. The SMILES string of the molecule is CC1=[N+]2C(C(=O)O)=CSC2C(O)C=C1. The van der Waals surface area contributed by atoms with Crippen LogP contribution in [0.15, 0.2) is 23.3 Å². The lowest BCUT2D eigenvalue weighted by Crippen LogP contribution is -2.37. The van der Waals surface area contributed by atoms with Crippen LogP contribution in [-0.4, -0.2) is 37.9 Å². The van der Waals surface area contributed by atoms with Gasteiger partial charge in [-0.3, -0.25) is 0 Å². The molecule has 14 heavy (non-hydrogen) atoms. The van der Waals surface area contributed by atoms with Gasteiger partial charge in [0.05, 0.1) is 5.41 Å². The fraction of sp³-hybridized carbons (Fsp3) is 0.333. The van der Waals surface area contributed by atoms with Gasteiger partial charge in [0, 0.05) is 13.0 Å². The number of hydrogen-bond donors (Lipinski definition) is 2. The number of carboxylic acids is 1. The minimum atomic E-state index is -0.957. The lowest BCUT2D eigenvalue weighted by atomic mass is 10.2. The third kappa shape index (κ3) is 1.29. The molecule has 0 amide bonds. The summed E-state index contributed by atoms with van der Waals surface area (Å²) in [5, 5.41) is 19.9. The highest BCUT2D eigenvalue weighted by Crippen LogP contribution is 2.32. The molecule has 2 aliphatic heterocycles. The summed E-state index contributed by atoms with van der Waals surface area (Å²) in [6.07, 6.45) is 2.81. The van der Waals surface area contributed by atoms with Crippen LogP contribution in [0, 0.1) is 0 Å². The molecule has 2 N–H and O–H groups in total. The van der Waals surface area contributed by atoms with Gasteiger partial charge in [-0.05, 0) is 17.8 Å². The maximum atomic E-state index is 10.9. The maximum absolute atomic E-state index is 10.9. The Morgan fingerprint density at radius 3 is 3.00 bits per heavy atom. The van der Waals surface area contributed by atoms with E-state index in [1.54, 1.807) is 22.1 Å². The number of aliphatic hydroxyl groups is 1. The van der Waals surface area contributed by atoms with Crippen LogP contribution < -0.4 is 0 Å². The van der Waals surface area contributed by atoms with Crippen molar-refractivity contribution in [2.45, 2.75) is 18.4 Å². The molecular weight excluding hydrogens is 202 g/mol. The van der Waals surface area contributed by atoms with E-state index in [0.29, 0.717) is 0 Å². The van der Waals surface area contributed by atoms with E-state index >= 15 is 0 Å². The van der Waals surface area contributed by atoms with Gasteiger partial charge in [0.2, 0.25) is 5.37 Å². The molecule has 2 aliphatic rings. The first-order valence-electron chi connectivity index (χ1n) is 4.19. The van der Waals surface area contributed by atoms with Gasteiger partial charge in [-0.2, -0.15) is 4.58 Å². The first kappa shape index (κ1) is 9.48. The molecule has 0 bridgehead atoms. The number of aliphatic carboxylic acids is 1. The van der Waals surface area contributed by atoms with Crippen LogP contribution in [0.1, 0.15) is 6.92 Å². The summed E-state index contributed by atoms with van der Waals surface area (Å²) in [5.74, 6) is -0.957. The summed E-state index contributed by atoms with van der Waals surface area (Å²) >= 11 is 1.34. The molecule has 0 spiro atoms. The molecule has 4 nitrogen and oxygen atoms in total. The zero-order chi connectivity index (χ0) is 10.3. The van der Waals surface area contributed by atoms with E-state index in [2.05, 4.69) is 0 Å². The van der Waals surface area contributed by atoms with E-state index in [1.807, 2.05) is 6.92 Å². The van der Waals surface area contributed by atoms with Crippen molar-refractivity contribution in [2.75, 3.05) is 0 Å². The molecule has 2 heterocycles. The van der Waals surface area contributed by atoms with Gasteiger partial charge in [-0.1, -0.05) is 0 Å². The van der Waals surface area contributed by atoms with Crippen molar-refractivity contribution in [3.63, 3.8) is 0 Å². The Bertz CT molecular complexity index is 384. The Kier molecular flexibility index (Phi) is 2.20. The Morgan fingerprint density at radius 1 is 1.64 bits per heavy atom. The number of fused-ring (bicyclic) bond motifs is 1. The average molecular weight is 212 g/mol. The molecule has 74 valence electrons. The molecule has 0 radical (unpaired) electrons. The minimum absolute atomic E-state index is 0.217. The van der Waals surface area contributed by atoms with Crippen molar-refractivity contribution in [1.29, 1.82) is 0 Å². The van der Waals surface area contributed by atoms with Crippen LogP contribution in [-0.2, 0) is 4.79 Å². The van der Waals surface area contributed by atoms with Crippen molar-refractivity contribution < 1.29 is 19.6 Å². The zero-order valence-electron chi connectivity index (χ0n) is 7.54. The first-order valence-corrected chi connectivity index (χ1v) is 5.13. The van der Waals surface area contributed by atoms with Gasteiger partial charge in [0.15, 0.2) is 5.71 Å². The fourth-order valence-electron chi connectivity index (χ4n) is 1.58. The van der Waals surface area contributed by atoms with Crippen molar-refractivity contribution >= 4 is 23.4 Å². The lowest BCUT2D eigenvalue weighted by molar-refractivity contribution is -0.494. The molecule has 0 aliphatic carbocycles. The summed E-state index contributed by atoms with van der Waals surface area (Å²) in [6.45, 7) is 1.83. The largest absolute Gasteiger partial charge is 0.473 e. The normalized spacial score (nSPS) is 30.3. The number of carbonyl (C=O) groups is 1. The number of thioether (sulfide) groups is 1. The quantitative estimate of drug-likeness (QED) is 0.617. The van der Waals surface area contributed by atoms with E-state index in [0.717, 1.165) is 5.71 Å². The predicted octanol–water partition coefficient (Wildman–Crippen LogP) is 0.389. The third-order valence-corrected chi connectivity index (χ3v) is 3.39. The van der Waals surface area contributed by atoms with E-state index in [1.165, 1.54) is 11.8 Å². The molecule has 2 unspecified atom stereocenters. The zero-order valence-corrected chi connectivity index (χ0v) is 8.36. The number of hydrogen-bond acceptors (Lipinski definition) is 3.